The Morgan fingerprint density at radius 2 is 1.73 bits per heavy atom. The Labute approximate surface area is 191 Å². The van der Waals surface area contributed by atoms with Gasteiger partial charge in [0.25, 0.3) is 0 Å². The zero-order chi connectivity index (χ0) is 22.9. The Morgan fingerprint density at radius 1 is 1.00 bits per heavy atom. The zero-order valence-corrected chi connectivity index (χ0v) is 18.3. The van der Waals surface area contributed by atoms with Crippen LogP contribution in [0.2, 0.25) is 0 Å². The second-order valence-electron chi connectivity index (χ2n) is 8.42. The molecule has 33 heavy (non-hydrogen) atoms. The van der Waals surface area contributed by atoms with Crippen LogP contribution >= 0.6 is 0 Å². The number of aryl methyl sites for hydroxylation is 1. The maximum absolute atomic E-state index is 13.0. The molecule has 1 atom stereocenters. The molecular formula is C27H24N2O4. The second kappa shape index (κ2) is 8.64. The summed E-state index contributed by atoms with van der Waals surface area (Å²) in [7, 11) is 0. The summed E-state index contributed by atoms with van der Waals surface area (Å²) in [4.78, 5) is 24.1. The fraction of sp³-hybridized carbons (Fsp3) is 0.222. The normalized spacial score (nSPS) is 13.1. The van der Waals surface area contributed by atoms with Crippen LogP contribution in [0.25, 0.3) is 22.2 Å². The lowest BCUT2D eigenvalue weighted by molar-refractivity contribution is -0.116. The molecule has 1 aliphatic rings. The highest BCUT2D eigenvalue weighted by atomic mass is 16.5. The smallest absolute Gasteiger partial charge is 0.194 e. The monoisotopic (exact) mass is 440 g/mol. The van der Waals surface area contributed by atoms with Gasteiger partial charge in [-0.05, 0) is 37.1 Å². The van der Waals surface area contributed by atoms with Crippen LogP contribution < -0.4 is 4.74 Å². The number of aliphatic hydroxyl groups is 1. The number of ether oxygens (including phenoxy) is 1. The Bertz CT molecular complexity index is 1350. The molecule has 0 bridgehead atoms. The van der Waals surface area contributed by atoms with Crippen molar-refractivity contribution in [2.24, 2.45) is 0 Å². The SMILES string of the molecule is CC(=O)CCc1ccc(OC[C@H](O)Cn2nc3c4c(cccc42)C(=O)c2ccccc2-3)cc1. The summed E-state index contributed by atoms with van der Waals surface area (Å²) in [5.41, 5.74) is 4.77. The van der Waals surface area contributed by atoms with Gasteiger partial charge in [-0.1, -0.05) is 48.5 Å². The number of nitrogens with zero attached hydrogens (tertiary/aromatic N) is 2. The first-order chi connectivity index (χ1) is 16.0. The van der Waals surface area contributed by atoms with E-state index in [2.05, 4.69) is 0 Å². The molecule has 0 unspecified atom stereocenters. The van der Waals surface area contributed by atoms with E-state index in [0.29, 0.717) is 29.7 Å². The molecule has 4 aromatic rings. The average molecular weight is 440 g/mol. The van der Waals surface area contributed by atoms with Gasteiger partial charge in [0.1, 0.15) is 29.9 Å². The maximum atomic E-state index is 13.0. The lowest BCUT2D eigenvalue weighted by Gasteiger charge is -2.14. The van der Waals surface area contributed by atoms with Gasteiger partial charge in [0.05, 0.1) is 12.1 Å². The largest absolute Gasteiger partial charge is 0.491 e. The van der Waals surface area contributed by atoms with Crippen molar-refractivity contribution in [3.05, 3.63) is 83.4 Å². The molecule has 0 radical (unpaired) electrons. The number of hydrogen-bond acceptors (Lipinski definition) is 5. The molecule has 6 nitrogen and oxygen atoms in total. The van der Waals surface area contributed by atoms with Gasteiger partial charge in [0, 0.05) is 28.5 Å². The van der Waals surface area contributed by atoms with Crippen molar-refractivity contribution in [2.75, 3.05) is 6.61 Å². The number of carbonyl (C=O) groups is 2. The van der Waals surface area contributed by atoms with Crippen LogP contribution in [0.4, 0.5) is 0 Å². The van der Waals surface area contributed by atoms with E-state index in [9.17, 15) is 14.7 Å². The van der Waals surface area contributed by atoms with Crippen LogP contribution in [0.1, 0.15) is 34.8 Å². The molecule has 1 N–H and O–H groups in total. The van der Waals surface area contributed by atoms with E-state index in [1.165, 1.54) is 0 Å². The summed E-state index contributed by atoms with van der Waals surface area (Å²) in [5.74, 6) is 0.827. The van der Waals surface area contributed by atoms with Crippen LogP contribution in [0.3, 0.4) is 0 Å². The van der Waals surface area contributed by atoms with Gasteiger partial charge in [-0.3, -0.25) is 9.48 Å². The number of aliphatic hydroxyl groups excluding tert-OH is 1. The van der Waals surface area contributed by atoms with Crippen molar-refractivity contribution < 1.29 is 19.4 Å². The molecule has 0 aliphatic heterocycles. The summed E-state index contributed by atoms with van der Waals surface area (Å²) in [6, 6.07) is 20.7. The van der Waals surface area contributed by atoms with Crippen molar-refractivity contribution in [3.8, 4) is 17.0 Å². The van der Waals surface area contributed by atoms with E-state index in [0.717, 1.165) is 27.7 Å². The summed E-state index contributed by atoms with van der Waals surface area (Å²) >= 11 is 0. The molecular weight excluding hydrogens is 416 g/mol. The molecule has 1 heterocycles. The first-order valence-electron chi connectivity index (χ1n) is 11.0. The van der Waals surface area contributed by atoms with Gasteiger partial charge < -0.3 is 14.6 Å². The van der Waals surface area contributed by atoms with E-state index in [-0.39, 0.29) is 24.7 Å². The summed E-state index contributed by atoms with van der Waals surface area (Å²) < 4.78 is 7.52. The van der Waals surface area contributed by atoms with E-state index in [1.54, 1.807) is 11.6 Å². The Morgan fingerprint density at radius 3 is 2.48 bits per heavy atom. The van der Waals surface area contributed by atoms with Crippen molar-refractivity contribution >= 4 is 22.5 Å². The highest BCUT2D eigenvalue weighted by Crippen LogP contribution is 2.38. The topological polar surface area (TPSA) is 81.4 Å². The van der Waals surface area contributed by atoms with Crippen molar-refractivity contribution in [3.63, 3.8) is 0 Å². The highest BCUT2D eigenvalue weighted by Gasteiger charge is 2.28. The highest BCUT2D eigenvalue weighted by molar-refractivity contribution is 6.25. The van der Waals surface area contributed by atoms with Crippen molar-refractivity contribution in [1.29, 1.82) is 0 Å². The molecule has 6 heteroatoms. The fourth-order valence-electron chi connectivity index (χ4n) is 4.30. The molecule has 5 rings (SSSR count). The summed E-state index contributed by atoms with van der Waals surface area (Å²) in [6.45, 7) is 1.94. The molecule has 166 valence electrons. The molecule has 1 aromatic heterocycles. The first kappa shape index (κ1) is 21.1. The lowest BCUT2D eigenvalue weighted by atomic mass is 9.87. The maximum Gasteiger partial charge on any atom is 0.194 e. The number of rotatable bonds is 8. The number of Topliss-reactive ketones (excluding diaryl/α,β-unsaturated/α-hetero) is 1. The number of benzene rings is 3. The number of hydrogen-bond donors (Lipinski definition) is 1. The molecule has 0 amide bonds. The molecule has 0 saturated carbocycles. The predicted octanol–water partition coefficient (Wildman–Crippen LogP) is 4.21. The van der Waals surface area contributed by atoms with Crippen LogP contribution in [-0.2, 0) is 17.8 Å². The van der Waals surface area contributed by atoms with E-state index in [1.807, 2.05) is 66.7 Å². The molecule has 0 saturated heterocycles. The van der Waals surface area contributed by atoms with Gasteiger partial charge in [0.15, 0.2) is 5.78 Å². The Hall–Kier alpha value is -3.77. The summed E-state index contributed by atoms with van der Waals surface area (Å²) in [5, 5.41) is 16.2. The van der Waals surface area contributed by atoms with Gasteiger partial charge in [-0.15, -0.1) is 0 Å². The quantitative estimate of drug-likeness (QED) is 0.391. The molecule has 0 spiro atoms. The number of fused-ring (bicyclic) bond motifs is 2. The molecule has 3 aromatic carbocycles. The van der Waals surface area contributed by atoms with Crippen LogP contribution in [-0.4, -0.2) is 39.2 Å². The Balaban J connectivity index is 1.32. The lowest BCUT2D eigenvalue weighted by Crippen LogP contribution is -2.24. The predicted molar refractivity (Wildman–Crippen MR) is 126 cm³/mol. The standard InChI is InChI=1S/C27H24N2O4/c1-17(30)9-10-18-11-13-20(14-12-18)33-16-19(31)15-29-24-8-4-7-23-25(24)26(28-29)21-5-2-3-6-22(21)27(23)32/h2-8,11-14,19,31H,9-10,15-16H2,1H3/t19-/m1/s1. The minimum Gasteiger partial charge on any atom is -0.491 e. The minimum absolute atomic E-state index is 0.00104. The Kier molecular flexibility index (Phi) is 5.52. The zero-order valence-electron chi connectivity index (χ0n) is 18.3. The molecule has 0 fully saturated rings. The van der Waals surface area contributed by atoms with E-state index < -0.39 is 6.10 Å². The third-order valence-corrected chi connectivity index (χ3v) is 5.96. The number of aromatic nitrogens is 2. The van der Waals surface area contributed by atoms with Gasteiger partial charge in [-0.2, -0.15) is 5.10 Å². The van der Waals surface area contributed by atoms with Gasteiger partial charge >= 0.3 is 0 Å². The fourth-order valence-corrected chi connectivity index (χ4v) is 4.30. The summed E-state index contributed by atoms with van der Waals surface area (Å²) in [6.07, 6.45) is 0.450. The number of carbonyl (C=O) groups excluding carboxylic acids is 2. The molecule has 1 aliphatic carbocycles. The van der Waals surface area contributed by atoms with Gasteiger partial charge in [-0.25, -0.2) is 0 Å². The van der Waals surface area contributed by atoms with Crippen molar-refractivity contribution in [1.82, 2.24) is 9.78 Å². The average Bonchev–Trinajstić information content (AvgIpc) is 3.19. The third-order valence-electron chi connectivity index (χ3n) is 5.96. The minimum atomic E-state index is -0.784. The van der Waals surface area contributed by atoms with Gasteiger partial charge in [0.2, 0.25) is 0 Å². The van der Waals surface area contributed by atoms with Crippen LogP contribution in [0.15, 0.2) is 66.7 Å². The van der Waals surface area contributed by atoms with E-state index in [4.69, 9.17) is 9.84 Å². The van der Waals surface area contributed by atoms with Crippen molar-refractivity contribution in [2.45, 2.75) is 32.4 Å². The van der Waals surface area contributed by atoms with Crippen LogP contribution in [0, 0.1) is 0 Å². The van der Waals surface area contributed by atoms with Crippen LogP contribution in [0.5, 0.6) is 5.75 Å². The first-order valence-corrected chi connectivity index (χ1v) is 11.0. The number of ketones is 2. The second-order valence-corrected chi connectivity index (χ2v) is 8.42. The van der Waals surface area contributed by atoms with E-state index >= 15 is 0 Å². The third kappa shape index (κ3) is 4.05.